The number of nitrogens with zero attached hydrogens (tertiary/aromatic N) is 1. The number of carbonyl (C=O) groups is 1. The Morgan fingerprint density at radius 2 is 1.64 bits per heavy atom. The standard InChI is InChI=1S/C21H20N4O3/c1-15-7-5-6-10-18(15)24-21(26)14-22-20-13-17(25(27)28)11-12-19(20)23-16-8-3-2-4-9-16/h2-13,22-23H,14H2,1H3,(H,24,26). The lowest BCUT2D eigenvalue weighted by Gasteiger charge is -2.14. The predicted octanol–water partition coefficient (Wildman–Crippen LogP) is 4.70. The van der Waals surface area contributed by atoms with Gasteiger partial charge in [0.25, 0.3) is 5.69 Å². The fraction of sp³-hybridized carbons (Fsp3) is 0.0952. The van der Waals surface area contributed by atoms with E-state index in [2.05, 4.69) is 16.0 Å². The van der Waals surface area contributed by atoms with Crippen molar-refractivity contribution in [2.24, 2.45) is 0 Å². The number of anilines is 4. The third-order valence-corrected chi connectivity index (χ3v) is 4.13. The third-order valence-electron chi connectivity index (χ3n) is 4.13. The van der Waals surface area contributed by atoms with Gasteiger partial charge in [0.1, 0.15) is 0 Å². The first-order valence-electron chi connectivity index (χ1n) is 8.73. The SMILES string of the molecule is Cc1ccccc1NC(=O)CNc1cc([N+](=O)[O-])ccc1Nc1ccccc1. The molecule has 0 aromatic heterocycles. The molecular weight excluding hydrogens is 356 g/mol. The molecule has 0 aliphatic carbocycles. The zero-order chi connectivity index (χ0) is 19.9. The summed E-state index contributed by atoms with van der Waals surface area (Å²) in [7, 11) is 0. The molecule has 0 fully saturated rings. The minimum Gasteiger partial charge on any atom is -0.374 e. The van der Waals surface area contributed by atoms with Crippen LogP contribution in [-0.4, -0.2) is 17.4 Å². The molecule has 0 saturated heterocycles. The predicted molar refractivity (Wildman–Crippen MR) is 111 cm³/mol. The van der Waals surface area contributed by atoms with Crippen LogP contribution in [0.5, 0.6) is 0 Å². The van der Waals surface area contributed by atoms with Gasteiger partial charge < -0.3 is 16.0 Å². The Morgan fingerprint density at radius 3 is 2.36 bits per heavy atom. The van der Waals surface area contributed by atoms with Gasteiger partial charge in [-0.1, -0.05) is 36.4 Å². The van der Waals surface area contributed by atoms with Crippen LogP contribution in [0.4, 0.5) is 28.4 Å². The number of para-hydroxylation sites is 2. The van der Waals surface area contributed by atoms with Crippen molar-refractivity contribution in [1.29, 1.82) is 0 Å². The van der Waals surface area contributed by atoms with E-state index in [0.29, 0.717) is 11.4 Å². The van der Waals surface area contributed by atoms with Gasteiger partial charge in [-0.2, -0.15) is 0 Å². The quantitative estimate of drug-likeness (QED) is 0.410. The minimum atomic E-state index is -0.467. The Bertz CT molecular complexity index is 990. The third kappa shape index (κ3) is 4.85. The molecule has 1 amide bonds. The lowest BCUT2D eigenvalue weighted by atomic mass is 10.2. The first-order chi connectivity index (χ1) is 13.5. The van der Waals surface area contributed by atoms with Crippen molar-refractivity contribution < 1.29 is 9.72 Å². The average molecular weight is 376 g/mol. The van der Waals surface area contributed by atoms with Gasteiger partial charge in [-0.25, -0.2) is 0 Å². The van der Waals surface area contributed by atoms with Crippen molar-refractivity contribution in [2.75, 3.05) is 22.5 Å². The Hall–Kier alpha value is -3.87. The lowest BCUT2D eigenvalue weighted by molar-refractivity contribution is -0.384. The van der Waals surface area contributed by atoms with Crippen LogP contribution in [0.3, 0.4) is 0 Å². The van der Waals surface area contributed by atoms with Crippen molar-refractivity contribution in [3.63, 3.8) is 0 Å². The molecule has 3 N–H and O–H groups in total. The number of nitro benzene ring substituents is 1. The van der Waals surface area contributed by atoms with E-state index in [0.717, 1.165) is 16.9 Å². The Labute approximate surface area is 162 Å². The number of hydrogen-bond donors (Lipinski definition) is 3. The molecule has 3 rings (SSSR count). The van der Waals surface area contributed by atoms with Crippen LogP contribution >= 0.6 is 0 Å². The van der Waals surface area contributed by atoms with Crippen LogP contribution in [0.1, 0.15) is 5.56 Å². The number of rotatable bonds is 7. The van der Waals surface area contributed by atoms with Gasteiger partial charge in [0.15, 0.2) is 0 Å². The summed E-state index contributed by atoms with van der Waals surface area (Å²) in [5.41, 5.74) is 3.58. The topological polar surface area (TPSA) is 96.3 Å². The summed E-state index contributed by atoms with van der Waals surface area (Å²) >= 11 is 0. The number of nitro groups is 1. The maximum Gasteiger partial charge on any atom is 0.271 e. The Morgan fingerprint density at radius 1 is 0.929 bits per heavy atom. The second kappa shape index (κ2) is 8.68. The van der Waals surface area contributed by atoms with Crippen LogP contribution < -0.4 is 16.0 Å². The minimum absolute atomic E-state index is 0.0288. The second-order valence-corrected chi connectivity index (χ2v) is 6.19. The maximum absolute atomic E-state index is 12.3. The molecule has 3 aromatic rings. The van der Waals surface area contributed by atoms with Gasteiger partial charge in [0, 0.05) is 23.5 Å². The highest BCUT2D eigenvalue weighted by Crippen LogP contribution is 2.29. The summed E-state index contributed by atoms with van der Waals surface area (Å²) in [6.07, 6.45) is 0. The number of amides is 1. The van der Waals surface area contributed by atoms with Gasteiger partial charge in [-0.15, -0.1) is 0 Å². The van der Waals surface area contributed by atoms with E-state index in [9.17, 15) is 14.9 Å². The van der Waals surface area contributed by atoms with E-state index in [1.54, 1.807) is 6.07 Å². The van der Waals surface area contributed by atoms with Gasteiger partial charge >= 0.3 is 0 Å². The molecule has 0 bridgehead atoms. The highest BCUT2D eigenvalue weighted by atomic mass is 16.6. The smallest absolute Gasteiger partial charge is 0.271 e. The zero-order valence-electron chi connectivity index (χ0n) is 15.3. The molecule has 0 heterocycles. The lowest BCUT2D eigenvalue weighted by Crippen LogP contribution is -2.22. The summed E-state index contributed by atoms with van der Waals surface area (Å²) in [5.74, 6) is -0.244. The number of aryl methyl sites for hydroxylation is 1. The van der Waals surface area contributed by atoms with Crippen LogP contribution in [0.25, 0.3) is 0 Å². The highest BCUT2D eigenvalue weighted by molar-refractivity contribution is 5.95. The van der Waals surface area contributed by atoms with Crippen LogP contribution in [-0.2, 0) is 4.79 Å². The van der Waals surface area contributed by atoms with Crippen molar-refractivity contribution >= 4 is 34.3 Å². The van der Waals surface area contributed by atoms with E-state index in [1.165, 1.54) is 12.1 Å². The summed E-state index contributed by atoms with van der Waals surface area (Å²) in [5, 5.41) is 20.1. The van der Waals surface area contributed by atoms with Crippen LogP contribution in [0.2, 0.25) is 0 Å². The molecule has 0 saturated carbocycles. The van der Waals surface area contributed by atoms with E-state index in [-0.39, 0.29) is 18.1 Å². The molecular formula is C21H20N4O3. The molecule has 0 aliphatic rings. The van der Waals surface area contributed by atoms with E-state index >= 15 is 0 Å². The van der Waals surface area contributed by atoms with Gasteiger partial charge in [-0.3, -0.25) is 14.9 Å². The van der Waals surface area contributed by atoms with Crippen molar-refractivity contribution in [3.05, 3.63) is 88.5 Å². The van der Waals surface area contributed by atoms with Crippen molar-refractivity contribution in [1.82, 2.24) is 0 Å². The number of benzene rings is 3. The number of nitrogens with one attached hydrogen (secondary N) is 3. The summed E-state index contributed by atoms with van der Waals surface area (Å²) < 4.78 is 0. The molecule has 28 heavy (non-hydrogen) atoms. The molecule has 142 valence electrons. The van der Waals surface area contributed by atoms with E-state index < -0.39 is 4.92 Å². The number of carbonyl (C=O) groups excluding carboxylic acids is 1. The second-order valence-electron chi connectivity index (χ2n) is 6.19. The number of hydrogen-bond acceptors (Lipinski definition) is 5. The molecule has 7 nitrogen and oxygen atoms in total. The van der Waals surface area contributed by atoms with Gasteiger partial charge in [-0.05, 0) is 36.8 Å². The Kier molecular flexibility index (Phi) is 5.86. The molecule has 0 atom stereocenters. The molecule has 0 aliphatic heterocycles. The van der Waals surface area contributed by atoms with Crippen LogP contribution in [0.15, 0.2) is 72.8 Å². The van der Waals surface area contributed by atoms with E-state index in [4.69, 9.17) is 0 Å². The summed E-state index contributed by atoms with van der Waals surface area (Å²) in [4.78, 5) is 22.9. The highest BCUT2D eigenvalue weighted by Gasteiger charge is 2.12. The fourth-order valence-electron chi connectivity index (χ4n) is 2.66. The van der Waals surface area contributed by atoms with Crippen molar-refractivity contribution in [3.8, 4) is 0 Å². The van der Waals surface area contributed by atoms with Gasteiger partial charge in [0.2, 0.25) is 5.91 Å². The average Bonchev–Trinajstić information content (AvgIpc) is 2.69. The Balaban J connectivity index is 1.75. The van der Waals surface area contributed by atoms with E-state index in [1.807, 2.05) is 61.5 Å². The molecule has 0 spiro atoms. The molecule has 0 unspecified atom stereocenters. The maximum atomic E-state index is 12.3. The molecule has 7 heteroatoms. The van der Waals surface area contributed by atoms with Crippen molar-refractivity contribution in [2.45, 2.75) is 6.92 Å². The summed E-state index contributed by atoms with van der Waals surface area (Å²) in [6.45, 7) is 1.88. The largest absolute Gasteiger partial charge is 0.374 e. The molecule has 3 aromatic carbocycles. The zero-order valence-corrected chi connectivity index (χ0v) is 15.3. The van der Waals surface area contributed by atoms with Gasteiger partial charge in [0.05, 0.1) is 22.8 Å². The normalized spacial score (nSPS) is 10.2. The first-order valence-corrected chi connectivity index (χ1v) is 8.73. The monoisotopic (exact) mass is 376 g/mol. The first kappa shape index (κ1) is 18.9. The fourth-order valence-corrected chi connectivity index (χ4v) is 2.66. The summed E-state index contributed by atoms with van der Waals surface area (Å²) in [6, 6.07) is 21.4. The van der Waals surface area contributed by atoms with Crippen LogP contribution in [0, 0.1) is 17.0 Å². The number of non-ortho nitro benzene ring substituents is 1. The molecule has 0 radical (unpaired) electrons.